The fourth-order valence-corrected chi connectivity index (χ4v) is 2.39. The number of aromatic nitrogens is 4. The molecule has 7 heteroatoms. The number of carbonyl (C=O) groups excluding carboxylic acids is 1. The maximum absolute atomic E-state index is 12.5. The molecule has 0 radical (unpaired) electrons. The highest BCUT2D eigenvalue weighted by Crippen LogP contribution is 2.14. The van der Waals surface area contributed by atoms with E-state index in [1.54, 1.807) is 24.3 Å². The molecule has 7 nitrogen and oxygen atoms in total. The summed E-state index contributed by atoms with van der Waals surface area (Å²) >= 11 is 0. The zero-order valence-corrected chi connectivity index (χ0v) is 11.7. The minimum Gasteiger partial charge on any atom is -0.465 e. The van der Waals surface area contributed by atoms with E-state index >= 15 is 0 Å². The molecular formula is C14H14N4O3. The minimum atomic E-state index is -0.453. The second kappa shape index (κ2) is 5.01. The molecule has 1 aromatic carbocycles. The van der Waals surface area contributed by atoms with Gasteiger partial charge in [0.1, 0.15) is 12.4 Å². The first-order valence-electron chi connectivity index (χ1n) is 6.62. The lowest BCUT2D eigenvalue weighted by Crippen LogP contribution is -2.27. The summed E-state index contributed by atoms with van der Waals surface area (Å²) in [6, 6.07) is 7.32. The van der Waals surface area contributed by atoms with Crippen molar-refractivity contribution in [1.82, 2.24) is 19.2 Å². The number of benzene rings is 1. The van der Waals surface area contributed by atoms with Crippen molar-refractivity contribution in [2.45, 2.75) is 20.4 Å². The van der Waals surface area contributed by atoms with Gasteiger partial charge in [0, 0.05) is 0 Å². The van der Waals surface area contributed by atoms with Crippen LogP contribution in [-0.4, -0.2) is 31.7 Å². The average Bonchev–Trinajstić information content (AvgIpc) is 2.86. The molecule has 0 amide bonds. The molecule has 0 aliphatic heterocycles. The predicted molar refractivity (Wildman–Crippen MR) is 76.1 cm³/mol. The van der Waals surface area contributed by atoms with E-state index in [-0.39, 0.29) is 24.4 Å². The van der Waals surface area contributed by atoms with E-state index in [2.05, 4.69) is 10.2 Å². The second-order valence-electron chi connectivity index (χ2n) is 4.59. The van der Waals surface area contributed by atoms with Crippen LogP contribution < -0.4 is 5.56 Å². The highest BCUT2D eigenvalue weighted by Gasteiger charge is 2.16. The summed E-state index contributed by atoms with van der Waals surface area (Å²) in [6.45, 7) is 3.64. The third-order valence-electron chi connectivity index (χ3n) is 3.27. The molecule has 108 valence electrons. The molecule has 2 aromatic heterocycles. The fourth-order valence-electron chi connectivity index (χ4n) is 2.39. The van der Waals surface area contributed by atoms with Crippen molar-refractivity contribution in [2.24, 2.45) is 0 Å². The molecular weight excluding hydrogens is 272 g/mol. The first kappa shape index (κ1) is 13.3. The standard InChI is InChI=1S/C14H14N4O3/c1-3-21-12(19)8-17-10-6-4-5-7-11(10)18-9(2)15-16-13(18)14(17)20/h4-7H,3,8H2,1-2H3. The Labute approximate surface area is 119 Å². The molecule has 0 spiro atoms. The van der Waals surface area contributed by atoms with Crippen LogP contribution in [-0.2, 0) is 16.1 Å². The van der Waals surface area contributed by atoms with Crippen LogP contribution in [0, 0.1) is 6.92 Å². The van der Waals surface area contributed by atoms with Gasteiger partial charge in [0.15, 0.2) is 0 Å². The average molecular weight is 286 g/mol. The van der Waals surface area contributed by atoms with Gasteiger partial charge in [-0.1, -0.05) is 12.1 Å². The molecule has 0 fully saturated rings. The van der Waals surface area contributed by atoms with Gasteiger partial charge in [0.2, 0.25) is 5.65 Å². The monoisotopic (exact) mass is 286 g/mol. The van der Waals surface area contributed by atoms with E-state index in [1.165, 1.54) is 4.57 Å². The van der Waals surface area contributed by atoms with Crippen LogP contribution in [0.2, 0.25) is 0 Å². The summed E-state index contributed by atoms with van der Waals surface area (Å²) in [5.74, 6) is 0.173. The summed E-state index contributed by atoms with van der Waals surface area (Å²) in [6.07, 6.45) is 0. The topological polar surface area (TPSA) is 78.5 Å². The molecule has 0 aliphatic rings. The minimum absolute atomic E-state index is 0.143. The van der Waals surface area contributed by atoms with Crippen LogP contribution in [0.4, 0.5) is 0 Å². The summed E-state index contributed by atoms with van der Waals surface area (Å²) < 4.78 is 7.99. The summed E-state index contributed by atoms with van der Waals surface area (Å²) in [5, 5.41) is 7.86. The van der Waals surface area contributed by atoms with E-state index in [4.69, 9.17) is 4.74 Å². The Morgan fingerprint density at radius 2 is 1.95 bits per heavy atom. The first-order valence-corrected chi connectivity index (χ1v) is 6.62. The van der Waals surface area contributed by atoms with Gasteiger partial charge in [-0.15, -0.1) is 10.2 Å². The third-order valence-corrected chi connectivity index (χ3v) is 3.27. The van der Waals surface area contributed by atoms with Crippen LogP contribution in [0.3, 0.4) is 0 Å². The van der Waals surface area contributed by atoms with Crippen molar-refractivity contribution in [2.75, 3.05) is 6.61 Å². The largest absolute Gasteiger partial charge is 0.465 e. The normalized spacial score (nSPS) is 11.1. The van der Waals surface area contributed by atoms with Gasteiger partial charge in [-0.2, -0.15) is 0 Å². The zero-order valence-electron chi connectivity index (χ0n) is 11.7. The molecule has 0 saturated heterocycles. The lowest BCUT2D eigenvalue weighted by molar-refractivity contribution is -0.143. The van der Waals surface area contributed by atoms with Gasteiger partial charge in [-0.05, 0) is 26.0 Å². The Kier molecular flexibility index (Phi) is 3.17. The summed E-state index contributed by atoms with van der Waals surface area (Å²) in [5.41, 5.74) is 1.27. The van der Waals surface area contributed by atoms with Crippen LogP contribution in [0.25, 0.3) is 16.7 Å². The highest BCUT2D eigenvalue weighted by atomic mass is 16.5. The number of aryl methyl sites for hydroxylation is 1. The molecule has 0 saturated carbocycles. The van der Waals surface area contributed by atoms with Gasteiger partial charge in [-0.25, -0.2) is 0 Å². The van der Waals surface area contributed by atoms with E-state index in [0.717, 1.165) is 5.52 Å². The molecule has 0 aliphatic carbocycles. The third kappa shape index (κ3) is 2.06. The molecule has 21 heavy (non-hydrogen) atoms. The molecule has 2 heterocycles. The SMILES string of the molecule is CCOC(=O)Cn1c(=O)c2nnc(C)n2c2ccccc21. The fraction of sp³-hybridized carbons (Fsp3) is 0.286. The Morgan fingerprint density at radius 3 is 2.67 bits per heavy atom. The molecule has 3 aromatic rings. The Balaban J connectivity index is 2.34. The quantitative estimate of drug-likeness (QED) is 0.669. The maximum Gasteiger partial charge on any atom is 0.326 e. The molecule has 0 unspecified atom stereocenters. The molecule has 3 rings (SSSR count). The number of hydrogen-bond donors (Lipinski definition) is 0. The zero-order chi connectivity index (χ0) is 15.0. The number of ether oxygens (including phenoxy) is 1. The molecule has 0 N–H and O–H groups in total. The molecule has 0 atom stereocenters. The maximum atomic E-state index is 12.5. The lowest BCUT2D eigenvalue weighted by atomic mass is 10.3. The van der Waals surface area contributed by atoms with Gasteiger partial charge < -0.3 is 4.74 Å². The lowest BCUT2D eigenvalue weighted by Gasteiger charge is -2.11. The van der Waals surface area contributed by atoms with Crippen LogP contribution >= 0.6 is 0 Å². The number of nitrogens with zero attached hydrogens (tertiary/aromatic N) is 4. The van der Waals surface area contributed by atoms with E-state index in [9.17, 15) is 9.59 Å². The second-order valence-corrected chi connectivity index (χ2v) is 4.59. The van der Waals surface area contributed by atoms with E-state index < -0.39 is 5.97 Å². The van der Waals surface area contributed by atoms with Gasteiger partial charge in [-0.3, -0.25) is 18.6 Å². The highest BCUT2D eigenvalue weighted by molar-refractivity contribution is 5.80. The van der Waals surface area contributed by atoms with E-state index in [0.29, 0.717) is 11.3 Å². The summed E-state index contributed by atoms with van der Waals surface area (Å²) in [4.78, 5) is 24.3. The van der Waals surface area contributed by atoms with Gasteiger partial charge in [0.05, 0.1) is 17.6 Å². The number of fused-ring (bicyclic) bond motifs is 3. The molecule has 0 bridgehead atoms. The van der Waals surface area contributed by atoms with Crippen molar-refractivity contribution >= 4 is 22.6 Å². The van der Waals surface area contributed by atoms with Crippen LogP contribution in [0.15, 0.2) is 29.1 Å². The Bertz CT molecular complexity index is 894. The van der Waals surface area contributed by atoms with Crippen molar-refractivity contribution < 1.29 is 9.53 Å². The number of esters is 1. The van der Waals surface area contributed by atoms with E-state index in [1.807, 2.05) is 18.2 Å². The summed E-state index contributed by atoms with van der Waals surface area (Å²) in [7, 11) is 0. The number of carbonyl (C=O) groups is 1. The number of para-hydroxylation sites is 2. The van der Waals surface area contributed by atoms with Crippen LogP contribution in [0.5, 0.6) is 0 Å². The van der Waals surface area contributed by atoms with Crippen molar-refractivity contribution in [3.8, 4) is 0 Å². The van der Waals surface area contributed by atoms with Gasteiger partial charge in [0.25, 0.3) is 5.56 Å². The first-order chi connectivity index (χ1) is 10.1. The van der Waals surface area contributed by atoms with Gasteiger partial charge >= 0.3 is 5.97 Å². The Morgan fingerprint density at radius 1 is 1.24 bits per heavy atom. The van der Waals surface area contributed by atoms with Crippen molar-refractivity contribution in [3.63, 3.8) is 0 Å². The number of rotatable bonds is 3. The smallest absolute Gasteiger partial charge is 0.326 e. The van der Waals surface area contributed by atoms with Crippen LogP contribution in [0.1, 0.15) is 12.7 Å². The number of hydrogen-bond acceptors (Lipinski definition) is 5. The predicted octanol–water partition coefficient (Wildman–Crippen LogP) is 0.916. The van der Waals surface area contributed by atoms with Crippen molar-refractivity contribution in [3.05, 3.63) is 40.4 Å². The Hall–Kier alpha value is -2.70. The van der Waals surface area contributed by atoms with Crippen molar-refractivity contribution in [1.29, 1.82) is 0 Å².